The monoisotopic (exact) mass is 334 g/mol. The maximum atomic E-state index is 13.3. The maximum Gasteiger partial charge on any atom is 0.336 e. The molecular weight excluding hydrogens is 327 g/mol. The van der Waals surface area contributed by atoms with Gasteiger partial charge in [-0.3, -0.25) is 0 Å². The molecule has 0 atom stereocenters. The summed E-state index contributed by atoms with van der Waals surface area (Å²) in [6, 6.07) is 1.78. The Balaban J connectivity index is 2.26. The van der Waals surface area contributed by atoms with E-state index in [1.807, 2.05) is 0 Å². The van der Waals surface area contributed by atoms with Crippen LogP contribution < -0.4 is 4.74 Å². The van der Waals surface area contributed by atoms with Gasteiger partial charge >= 0.3 is 5.97 Å². The van der Waals surface area contributed by atoms with Crippen LogP contribution in [0.25, 0.3) is 6.08 Å². The first-order valence-corrected chi connectivity index (χ1v) is 6.66. The summed E-state index contributed by atoms with van der Waals surface area (Å²) in [5, 5.41) is 1.75. The predicted octanol–water partition coefficient (Wildman–Crippen LogP) is 4.37. The van der Waals surface area contributed by atoms with E-state index >= 15 is 0 Å². The van der Waals surface area contributed by atoms with Crippen LogP contribution in [0.5, 0.6) is 5.75 Å². The van der Waals surface area contributed by atoms with Gasteiger partial charge in [0.05, 0.1) is 0 Å². The molecule has 0 spiro atoms. The van der Waals surface area contributed by atoms with Gasteiger partial charge < -0.3 is 4.74 Å². The molecule has 0 aliphatic heterocycles. The number of esters is 1. The van der Waals surface area contributed by atoms with E-state index in [1.54, 1.807) is 18.4 Å². The molecule has 2 rings (SSSR count). The van der Waals surface area contributed by atoms with Gasteiger partial charge in [0.2, 0.25) is 34.8 Å². The number of hydrogen-bond acceptors (Lipinski definition) is 3. The van der Waals surface area contributed by atoms with Gasteiger partial charge in [-0.2, -0.15) is 8.78 Å². The highest BCUT2D eigenvalue weighted by molar-refractivity contribution is 7.11. The molecule has 0 saturated carbocycles. The summed E-state index contributed by atoms with van der Waals surface area (Å²) in [6.07, 6.45) is 2.14. The van der Waals surface area contributed by atoms with Gasteiger partial charge in [-0.25, -0.2) is 18.0 Å². The molecule has 0 fully saturated rings. The van der Waals surface area contributed by atoms with Gasteiger partial charge in [-0.05, 0) is 30.0 Å². The standard InChI is InChI=1S/C14H7F5O2S/c1-6-4-5-22-7(6)2-3-8(20)21-14-12(18)10(16)9(15)11(17)13(14)19/h2-5H,1H3. The molecule has 2 aromatic rings. The zero-order chi connectivity index (χ0) is 16.4. The van der Waals surface area contributed by atoms with E-state index in [0.717, 1.165) is 11.6 Å². The molecule has 8 heteroatoms. The summed E-state index contributed by atoms with van der Waals surface area (Å²) >= 11 is 1.30. The van der Waals surface area contributed by atoms with Crippen LogP contribution in [0.3, 0.4) is 0 Å². The van der Waals surface area contributed by atoms with Crippen molar-refractivity contribution in [1.29, 1.82) is 0 Å². The highest BCUT2D eigenvalue weighted by Crippen LogP contribution is 2.29. The molecule has 0 bridgehead atoms. The topological polar surface area (TPSA) is 26.3 Å². The molecule has 1 aromatic heterocycles. The van der Waals surface area contributed by atoms with Gasteiger partial charge in [0, 0.05) is 11.0 Å². The molecule has 22 heavy (non-hydrogen) atoms. The number of ether oxygens (including phenoxy) is 1. The molecule has 1 heterocycles. The van der Waals surface area contributed by atoms with Gasteiger partial charge in [-0.1, -0.05) is 0 Å². The second kappa shape index (κ2) is 6.27. The van der Waals surface area contributed by atoms with Crippen LogP contribution in [0, 0.1) is 36.0 Å². The molecule has 0 aliphatic carbocycles. The van der Waals surface area contributed by atoms with Crippen LogP contribution in [0.2, 0.25) is 0 Å². The summed E-state index contributed by atoms with van der Waals surface area (Å²) in [6.45, 7) is 1.77. The average Bonchev–Trinajstić information content (AvgIpc) is 2.91. The van der Waals surface area contributed by atoms with Gasteiger partial charge in [-0.15, -0.1) is 11.3 Å². The molecule has 0 saturated heterocycles. The van der Waals surface area contributed by atoms with E-state index in [2.05, 4.69) is 4.74 Å². The third kappa shape index (κ3) is 3.01. The van der Waals surface area contributed by atoms with Crippen molar-refractivity contribution in [3.63, 3.8) is 0 Å². The summed E-state index contributed by atoms with van der Waals surface area (Å²) in [7, 11) is 0. The lowest BCUT2D eigenvalue weighted by Gasteiger charge is -2.07. The third-order valence-electron chi connectivity index (χ3n) is 2.64. The molecule has 116 valence electrons. The quantitative estimate of drug-likeness (QED) is 0.208. The lowest BCUT2D eigenvalue weighted by Crippen LogP contribution is -2.11. The zero-order valence-corrected chi connectivity index (χ0v) is 11.7. The van der Waals surface area contributed by atoms with E-state index in [0.29, 0.717) is 4.88 Å². The Kier molecular flexibility index (Phi) is 4.60. The van der Waals surface area contributed by atoms with Crippen molar-refractivity contribution in [3.05, 3.63) is 57.0 Å². The number of carbonyl (C=O) groups excluding carboxylic acids is 1. The second-order valence-electron chi connectivity index (χ2n) is 4.12. The number of thiophene rings is 1. The Morgan fingerprint density at radius 2 is 1.59 bits per heavy atom. The Hall–Kier alpha value is -2.22. The zero-order valence-electron chi connectivity index (χ0n) is 10.9. The van der Waals surface area contributed by atoms with Gasteiger partial charge in [0.25, 0.3) is 0 Å². The molecule has 0 unspecified atom stereocenters. The van der Waals surface area contributed by atoms with Crippen LogP contribution in [-0.2, 0) is 4.79 Å². The number of halogens is 5. The Morgan fingerprint density at radius 3 is 2.09 bits per heavy atom. The first-order valence-electron chi connectivity index (χ1n) is 5.78. The molecule has 0 aliphatic rings. The summed E-state index contributed by atoms with van der Waals surface area (Å²) < 4.78 is 69.6. The molecule has 0 N–H and O–H groups in total. The molecule has 0 radical (unpaired) electrons. The highest BCUT2D eigenvalue weighted by Gasteiger charge is 2.28. The minimum absolute atomic E-state index is 0.689. The first-order chi connectivity index (χ1) is 10.3. The fourth-order valence-corrected chi connectivity index (χ4v) is 2.33. The van der Waals surface area contributed by atoms with Crippen LogP contribution in [0.15, 0.2) is 17.5 Å². The average molecular weight is 334 g/mol. The minimum atomic E-state index is -2.32. The van der Waals surface area contributed by atoms with Crippen molar-refractivity contribution >= 4 is 23.4 Å². The van der Waals surface area contributed by atoms with E-state index in [4.69, 9.17) is 0 Å². The number of benzene rings is 1. The Labute approximate surface area is 125 Å². The predicted molar refractivity (Wildman–Crippen MR) is 70.0 cm³/mol. The van der Waals surface area contributed by atoms with E-state index < -0.39 is 40.8 Å². The van der Waals surface area contributed by atoms with Crippen LogP contribution in [-0.4, -0.2) is 5.97 Å². The molecular formula is C14H7F5O2S. The normalized spacial score (nSPS) is 11.2. The van der Waals surface area contributed by atoms with E-state index in [9.17, 15) is 26.7 Å². The van der Waals surface area contributed by atoms with Crippen molar-refractivity contribution in [1.82, 2.24) is 0 Å². The minimum Gasteiger partial charge on any atom is -0.417 e. The van der Waals surface area contributed by atoms with Gasteiger partial charge in [0.1, 0.15) is 0 Å². The number of carbonyl (C=O) groups is 1. The lowest BCUT2D eigenvalue weighted by molar-refractivity contribution is -0.129. The first kappa shape index (κ1) is 16.2. The highest BCUT2D eigenvalue weighted by atomic mass is 32.1. The largest absolute Gasteiger partial charge is 0.417 e. The van der Waals surface area contributed by atoms with Crippen LogP contribution >= 0.6 is 11.3 Å². The van der Waals surface area contributed by atoms with Crippen LogP contribution in [0.4, 0.5) is 22.0 Å². The summed E-state index contributed by atoms with van der Waals surface area (Å²) in [4.78, 5) is 12.1. The molecule has 1 aromatic carbocycles. The Bertz CT molecular complexity index is 738. The fraction of sp³-hybridized carbons (Fsp3) is 0.0714. The van der Waals surface area contributed by atoms with Crippen molar-refractivity contribution in [3.8, 4) is 5.75 Å². The van der Waals surface area contributed by atoms with Crippen molar-refractivity contribution in [2.24, 2.45) is 0 Å². The van der Waals surface area contributed by atoms with E-state index in [-0.39, 0.29) is 0 Å². The lowest BCUT2D eigenvalue weighted by atomic mass is 10.2. The summed E-state index contributed by atoms with van der Waals surface area (Å²) in [5.41, 5.74) is 0.852. The van der Waals surface area contributed by atoms with Crippen molar-refractivity contribution in [2.45, 2.75) is 6.92 Å². The SMILES string of the molecule is Cc1ccsc1C=CC(=O)Oc1c(F)c(F)c(F)c(F)c1F. The van der Waals surface area contributed by atoms with Crippen LogP contribution in [0.1, 0.15) is 10.4 Å². The number of hydrogen-bond donors (Lipinski definition) is 0. The Morgan fingerprint density at radius 1 is 1.05 bits per heavy atom. The summed E-state index contributed by atoms with van der Waals surface area (Å²) in [5.74, 6) is -14.0. The molecule has 0 amide bonds. The van der Waals surface area contributed by atoms with Crippen molar-refractivity contribution < 1.29 is 31.5 Å². The number of rotatable bonds is 3. The van der Waals surface area contributed by atoms with Crippen molar-refractivity contribution in [2.75, 3.05) is 0 Å². The number of aryl methyl sites for hydroxylation is 1. The second-order valence-corrected chi connectivity index (χ2v) is 5.07. The smallest absolute Gasteiger partial charge is 0.336 e. The third-order valence-corrected chi connectivity index (χ3v) is 3.63. The fourth-order valence-electron chi connectivity index (χ4n) is 1.51. The van der Waals surface area contributed by atoms with Gasteiger partial charge in [0.15, 0.2) is 0 Å². The maximum absolute atomic E-state index is 13.3. The molecule has 2 nitrogen and oxygen atoms in total. The van der Waals surface area contributed by atoms with E-state index in [1.165, 1.54) is 17.4 Å².